The molecular weight excluding hydrogens is 268 g/mol. The Hall–Kier alpha value is -1.25. The van der Waals surface area contributed by atoms with Crippen molar-refractivity contribution in [3.63, 3.8) is 0 Å². The van der Waals surface area contributed by atoms with E-state index < -0.39 is 5.60 Å². The molecule has 0 fully saturated rings. The fourth-order valence-electron chi connectivity index (χ4n) is 1.84. The van der Waals surface area contributed by atoms with Gasteiger partial charge in [0.25, 0.3) is 0 Å². The number of nitrogens with one attached hydrogen (secondary N) is 2. The monoisotopic (exact) mass is 298 g/mol. The molecule has 0 aromatic carbocycles. The summed E-state index contributed by atoms with van der Waals surface area (Å²) in [5, 5.41) is 6.12. The average Bonchev–Trinajstić information content (AvgIpc) is 2.38. The van der Waals surface area contributed by atoms with Gasteiger partial charge in [-0.15, -0.1) is 6.42 Å². The fraction of sp³-hybridized carbons (Fsp3) is 0.812. The molecule has 1 amide bonds. The van der Waals surface area contributed by atoms with E-state index in [2.05, 4.69) is 16.6 Å². The number of rotatable bonds is 9. The van der Waals surface area contributed by atoms with Crippen LogP contribution in [0.2, 0.25) is 0 Å². The van der Waals surface area contributed by atoms with E-state index in [9.17, 15) is 4.79 Å². The predicted octanol–water partition coefficient (Wildman–Crippen LogP) is 2.31. The van der Waals surface area contributed by atoms with Gasteiger partial charge in [0.1, 0.15) is 5.60 Å². The number of terminal acetylenes is 1. The van der Waals surface area contributed by atoms with Crippen LogP contribution in [0, 0.1) is 12.3 Å². The van der Waals surface area contributed by atoms with E-state index in [1.807, 2.05) is 27.7 Å². The highest BCUT2D eigenvalue weighted by Crippen LogP contribution is 2.06. The third-order valence-corrected chi connectivity index (χ3v) is 2.81. The lowest BCUT2D eigenvalue weighted by Crippen LogP contribution is -2.40. The van der Waals surface area contributed by atoms with Crippen molar-refractivity contribution >= 4 is 6.09 Å². The Bertz CT molecular complexity index is 331. The van der Waals surface area contributed by atoms with Crippen LogP contribution < -0.4 is 10.6 Å². The zero-order valence-corrected chi connectivity index (χ0v) is 14.0. The fourth-order valence-corrected chi connectivity index (χ4v) is 1.84. The summed E-state index contributed by atoms with van der Waals surface area (Å²) >= 11 is 0. The van der Waals surface area contributed by atoms with E-state index >= 15 is 0 Å². The Morgan fingerprint density at radius 2 is 2.05 bits per heavy atom. The van der Waals surface area contributed by atoms with Crippen LogP contribution in [0.3, 0.4) is 0 Å². The minimum atomic E-state index is -0.467. The smallest absolute Gasteiger partial charge is 0.407 e. The lowest BCUT2D eigenvalue weighted by molar-refractivity contribution is 0.0526. The van der Waals surface area contributed by atoms with E-state index in [-0.39, 0.29) is 18.2 Å². The second kappa shape index (κ2) is 10.5. The van der Waals surface area contributed by atoms with Gasteiger partial charge in [-0.2, -0.15) is 0 Å². The Morgan fingerprint density at radius 3 is 2.52 bits per heavy atom. The number of methoxy groups -OCH3 is 1. The maximum absolute atomic E-state index is 11.5. The molecule has 0 aliphatic carbocycles. The summed E-state index contributed by atoms with van der Waals surface area (Å²) in [5.74, 6) is 2.72. The second-order valence-corrected chi connectivity index (χ2v) is 6.02. The van der Waals surface area contributed by atoms with Crippen molar-refractivity contribution in [2.24, 2.45) is 0 Å². The Morgan fingerprint density at radius 1 is 1.38 bits per heavy atom. The number of carbonyl (C=O) groups is 1. The molecule has 0 aromatic rings. The highest BCUT2D eigenvalue weighted by molar-refractivity contribution is 5.67. The SMILES string of the molecule is C#CC(CC)NC(CCCNC(=O)OC(C)(C)C)COC. The van der Waals surface area contributed by atoms with Crippen molar-refractivity contribution in [2.45, 2.75) is 64.6 Å². The van der Waals surface area contributed by atoms with Crippen LogP contribution in [0.15, 0.2) is 0 Å². The van der Waals surface area contributed by atoms with Gasteiger partial charge < -0.3 is 14.8 Å². The molecule has 5 nitrogen and oxygen atoms in total. The lowest BCUT2D eigenvalue weighted by Gasteiger charge is -2.22. The van der Waals surface area contributed by atoms with Gasteiger partial charge >= 0.3 is 6.09 Å². The van der Waals surface area contributed by atoms with Crippen LogP contribution in [0.5, 0.6) is 0 Å². The maximum Gasteiger partial charge on any atom is 0.407 e. The quantitative estimate of drug-likeness (QED) is 0.506. The number of hydrogen-bond acceptors (Lipinski definition) is 4. The molecule has 5 heteroatoms. The van der Waals surface area contributed by atoms with E-state index in [0.717, 1.165) is 19.3 Å². The molecule has 0 rings (SSSR count). The van der Waals surface area contributed by atoms with Crippen molar-refractivity contribution < 1.29 is 14.3 Å². The van der Waals surface area contributed by atoms with Gasteiger partial charge in [-0.25, -0.2) is 4.79 Å². The molecular formula is C16H30N2O3. The molecule has 0 aromatic heterocycles. The third-order valence-electron chi connectivity index (χ3n) is 2.81. The van der Waals surface area contributed by atoms with Crippen molar-refractivity contribution in [2.75, 3.05) is 20.3 Å². The maximum atomic E-state index is 11.5. The van der Waals surface area contributed by atoms with Gasteiger partial charge in [0.15, 0.2) is 0 Å². The summed E-state index contributed by atoms with van der Waals surface area (Å²) < 4.78 is 10.4. The first kappa shape index (κ1) is 19.8. The predicted molar refractivity (Wildman–Crippen MR) is 85.2 cm³/mol. The van der Waals surface area contributed by atoms with Gasteiger partial charge in [0.05, 0.1) is 12.6 Å². The third kappa shape index (κ3) is 11.1. The molecule has 21 heavy (non-hydrogen) atoms. The highest BCUT2D eigenvalue weighted by Gasteiger charge is 2.16. The Labute approximate surface area is 129 Å². The molecule has 0 bridgehead atoms. The average molecular weight is 298 g/mol. The highest BCUT2D eigenvalue weighted by atomic mass is 16.6. The standard InChI is InChI=1S/C16H30N2O3/c1-7-13(8-2)18-14(12-20-6)10-9-11-17-15(19)21-16(3,4)5/h1,13-14,18H,8-12H2,2-6H3,(H,17,19). The number of alkyl carbamates (subject to hydrolysis) is 1. The van der Waals surface area contributed by atoms with Crippen molar-refractivity contribution in [3.8, 4) is 12.3 Å². The number of hydrogen-bond donors (Lipinski definition) is 2. The molecule has 0 heterocycles. The molecule has 0 saturated carbocycles. The number of amides is 1. The van der Waals surface area contributed by atoms with Crippen LogP contribution >= 0.6 is 0 Å². The van der Waals surface area contributed by atoms with Crippen molar-refractivity contribution in [1.82, 2.24) is 10.6 Å². The molecule has 0 spiro atoms. The lowest BCUT2D eigenvalue weighted by atomic mass is 10.1. The van der Waals surface area contributed by atoms with Gasteiger partial charge in [0.2, 0.25) is 0 Å². The van der Waals surface area contributed by atoms with E-state index in [0.29, 0.717) is 13.2 Å². The first-order valence-corrected chi connectivity index (χ1v) is 7.50. The first-order chi connectivity index (χ1) is 9.82. The Balaban J connectivity index is 3.99. The van der Waals surface area contributed by atoms with Gasteiger partial charge in [0, 0.05) is 19.7 Å². The van der Waals surface area contributed by atoms with E-state index in [1.54, 1.807) is 7.11 Å². The molecule has 2 unspecified atom stereocenters. The second-order valence-electron chi connectivity index (χ2n) is 6.02. The summed E-state index contributed by atoms with van der Waals surface area (Å²) in [5.41, 5.74) is -0.467. The van der Waals surface area contributed by atoms with Crippen LogP contribution in [-0.4, -0.2) is 44.0 Å². The van der Waals surface area contributed by atoms with Crippen LogP contribution in [0.25, 0.3) is 0 Å². The van der Waals surface area contributed by atoms with Crippen molar-refractivity contribution in [1.29, 1.82) is 0 Å². The molecule has 0 radical (unpaired) electrons. The molecule has 0 saturated heterocycles. The minimum Gasteiger partial charge on any atom is -0.444 e. The van der Waals surface area contributed by atoms with E-state index in [1.165, 1.54) is 0 Å². The topological polar surface area (TPSA) is 59.6 Å². The molecule has 2 atom stereocenters. The van der Waals surface area contributed by atoms with Gasteiger partial charge in [-0.3, -0.25) is 5.32 Å². The molecule has 0 aliphatic rings. The van der Waals surface area contributed by atoms with Crippen LogP contribution in [0.1, 0.15) is 47.0 Å². The summed E-state index contributed by atoms with van der Waals surface area (Å²) in [6.07, 6.45) is 7.67. The molecule has 2 N–H and O–H groups in total. The zero-order chi connectivity index (χ0) is 16.3. The van der Waals surface area contributed by atoms with Crippen LogP contribution in [-0.2, 0) is 9.47 Å². The van der Waals surface area contributed by atoms with Gasteiger partial charge in [-0.05, 0) is 40.0 Å². The van der Waals surface area contributed by atoms with E-state index in [4.69, 9.17) is 15.9 Å². The van der Waals surface area contributed by atoms with Gasteiger partial charge in [-0.1, -0.05) is 12.8 Å². The molecule has 122 valence electrons. The zero-order valence-electron chi connectivity index (χ0n) is 14.0. The summed E-state index contributed by atoms with van der Waals surface area (Å²) in [4.78, 5) is 11.5. The largest absolute Gasteiger partial charge is 0.444 e. The number of carbonyl (C=O) groups excluding carboxylic acids is 1. The number of ether oxygens (including phenoxy) is 2. The summed E-state index contributed by atoms with van der Waals surface area (Å²) in [6, 6.07) is 0.250. The van der Waals surface area contributed by atoms with Crippen molar-refractivity contribution in [3.05, 3.63) is 0 Å². The summed E-state index contributed by atoms with van der Waals surface area (Å²) in [7, 11) is 1.67. The normalized spacial score (nSPS) is 14.1. The minimum absolute atomic E-state index is 0.0592. The summed E-state index contributed by atoms with van der Waals surface area (Å²) in [6.45, 7) is 8.75. The first-order valence-electron chi connectivity index (χ1n) is 7.50. The van der Waals surface area contributed by atoms with Crippen LogP contribution in [0.4, 0.5) is 4.79 Å². The molecule has 0 aliphatic heterocycles. The Kier molecular flexibility index (Phi) is 9.85.